The van der Waals surface area contributed by atoms with Crippen LogP contribution in [0.25, 0.3) is 0 Å². The van der Waals surface area contributed by atoms with Gasteiger partial charge < -0.3 is 5.11 Å². The zero-order chi connectivity index (χ0) is 8.10. The van der Waals surface area contributed by atoms with Gasteiger partial charge in [0.05, 0.1) is 6.61 Å². The first kappa shape index (κ1) is 8.72. The first-order valence-electron chi connectivity index (χ1n) is 4.31. The summed E-state index contributed by atoms with van der Waals surface area (Å²) in [4.78, 5) is 0. The fourth-order valence-corrected chi connectivity index (χ4v) is 1.63. The third-order valence-electron chi connectivity index (χ3n) is 2.28. The topological polar surface area (TPSA) is 20.2 Å². The molecule has 64 valence electrons. The van der Waals surface area contributed by atoms with Gasteiger partial charge in [-0.05, 0) is 18.9 Å². The summed E-state index contributed by atoms with van der Waals surface area (Å²) >= 11 is 0. The minimum Gasteiger partial charge on any atom is -0.392 e. The predicted molar refractivity (Wildman–Crippen MR) is 42.9 cm³/mol. The third-order valence-corrected chi connectivity index (χ3v) is 2.28. The first-order valence-corrected chi connectivity index (χ1v) is 4.31. The normalized spacial score (nSPS) is 22.2. The minimum absolute atomic E-state index is 0.104. The van der Waals surface area contributed by atoms with Crippen LogP contribution in [0.5, 0.6) is 0 Å². The minimum atomic E-state index is -0.164. The summed E-state index contributed by atoms with van der Waals surface area (Å²) in [7, 11) is 0. The van der Waals surface area contributed by atoms with Crippen LogP contribution in [-0.4, -0.2) is 11.7 Å². The van der Waals surface area contributed by atoms with Crippen LogP contribution in [0.1, 0.15) is 32.1 Å². The highest BCUT2D eigenvalue weighted by atomic mass is 19.1. The highest BCUT2D eigenvalue weighted by Gasteiger charge is 2.16. The Morgan fingerprint density at radius 1 is 1.36 bits per heavy atom. The Bertz CT molecular complexity index is 136. The van der Waals surface area contributed by atoms with E-state index in [1.807, 2.05) is 0 Å². The maximum atomic E-state index is 13.0. The summed E-state index contributed by atoms with van der Waals surface area (Å²) in [5.41, 5.74) is 0. The number of hydrogen-bond donors (Lipinski definition) is 1. The molecule has 0 atom stereocenters. The SMILES string of the molecule is OC/C=C(\F)C1CCCCC1. The molecule has 0 aromatic rings. The van der Waals surface area contributed by atoms with Crippen molar-refractivity contribution in [3.63, 3.8) is 0 Å². The summed E-state index contributed by atoms with van der Waals surface area (Å²) < 4.78 is 13.0. The molecule has 0 heterocycles. The predicted octanol–water partition coefficient (Wildman–Crippen LogP) is 2.41. The van der Waals surface area contributed by atoms with Crippen LogP contribution in [0.2, 0.25) is 0 Å². The molecular formula is C9H15FO. The van der Waals surface area contributed by atoms with E-state index in [1.165, 1.54) is 12.5 Å². The molecule has 1 rings (SSSR count). The maximum Gasteiger partial charge on any atom is 0.101 e. The van der Waals surface area contributed by atoms with Gasteiger partial charge in [-0.2, -0.15) is 0 Å². The van der Waals surface area contributed by atoms with Crippen molar-refractivity contribution in [3.05, 3.63) is 11.9 Å². The third kappa shape index (κ3) is 2.62. The van der Waals surface area contributed by atoms with Gasteiger partial charge in [0.25, 0.3) is 0 Å². The lowest BCUT2D eigenvalue weighted by atomic mass is 9.88. The Morgan fingerprint density at radius 2 is 2.00 bits per heavy atom. The molecular weight excluding hydrogens is 143 g/mol. The number of aliphatic hydroxyl groups is 1. The van der Waals surface area contributed by atoms with E-state index in [2.05, 4.69) is 0 Å². The van der Waals surface area contributed by atoms with Crippen molar-refractivity contribution in [2.75, 3.05) is 6.61 Å². The molecule has 0 aliphatic heterocycles. The number of hydrogen-bond acceptors (Lipinski definition) is 1. The van der Waals surface area contributed by atoms with Gasteiger partial charge in [-0.15, -0.1) is 0 Å². The van der Waals surface area contributed by atoms with E-state index in [-0.39, 0.29) is 18.4 Å². The Labute approximate surface area is 66.9 Å². The molecule has 0 amide bonds. The fraction of sp³-hybridized carbons (Fsp3) is 0.778. The van der Waals surface area contributed by atoms with Crippen LogP contribution in [0.3, 0.4) is 0 Å². The van der Waals surface area contributed by atoms with Crippen molar-refractivity contribution < 1.29 is 9.50 Å². The maximum absolute atomic E-state index is 13.0. The van der Waals surface area contributed by atoms with Crippen LogP contribution >= 0.6 is 0 Å². The zero-order valence-corrected chi connectivity index (χ0v) is 6.72. The van der Waals surface area contributed by atoms with E-state index in [4.69, 9.17) is 5.11 Å². The average molecular weight is 158 g/mol. The Kier molecular flexibility index (Phi) is 3.57. The summed E-state index contributed by atoms with van der Waals surface area (Å²) in [6.45, 7) is -0.164. The van der Waals surface area contributed by atoms with Crippen LogP contribution in [0.15, 0.2) is 11.9 Å². The molecule has 0 aromatic heterocycles. The number of rotatable bonds is 2. The summed E-state index contributed by atoms with van der Waals surface area (Å²) in [6.07, 6.45) is 6.72. The van der Waals surface area contributed by atoms with Gasteiger partial charge in [-0.3, -0.25) is 0 Å². The van der Waals surface area contributed by atoms with E-state index in [0.717, 1.165) is 25.7 Å². The highest BCUT2D eigenvalue weighted by molar-refractivity contribution is 4.98. The van der Waals surface area contributed by atoms with Crippen LogP contribution < -0.4 is 0 Å². The van der Waals surface area contributed by atoms with Crippen molar-refractivity contribution in [3.8, 4) is 0 Å². The Hall–Kier alpha value is -0.370. The van der Waals surface area contributed by atoms with Gasteiger partial charge in [0.2, 0.25) is 0 Å². The Balaban J connectivity index is 2.38. The summed E-state index contributed by atoms with van der Waals surface area (Å²) in [5, 5.41) is 8.45. The lowest BCUT2D eigenvalue weighted by molar-refractivity contribution is 0.317. The second-order valence-electron chi connectivity index (χ2n) is 3.11. The van der Waals surface area contributed by atoms with Crippen molar-refractivity contribution >= 4 is 0 Å². The molecule has 1 saturated carbocycles. The zero-order valence-electron chi connectivity index (χ0n) is 6.72. The lowest BCUT2D eigenvalue weighted by Crippen LogP contribution is -2.06. The Morgan fingerprint density at radius 3 is 2.55 bits per heavy atom. The number of aliphatic hydroxyl groups excluding tert-OH is 1. The van der Waals surface area contributed by atoms with E-state index in [0.29, 0.717) is 0 Å². The smallest absolute Gasteiger partial charge is 0.101 e. The van der Waals surface area contributed by atoms with Gasteiger partial charge in [0.1, 0.15) is 5.83 Å². The van der Waals surface area contributed by atoms with E-state index < -0.39 is 0 Å². The van der Waals surface area contributed by atoms with E-state index >= 15 is 0 Å². The van der Waals surface area contributed by atoms with E-state index in [9.17, 15) is 4.39 Å². The molecule has 1 nitrogen and oxygen atoms in total. The molecule has 11 heavy (non-hydrogen) atoms. The van der Waals surface area contributed by atoms with Gasteiger partial charge in [0.15, 0.2) is 0 Å². The summed E-state index contributed by atoms with van der Waals surface area (Å²) in [5.74, 6) is 0.00287. The van der Waals surface area contributed by atoms with Crippen molar-refractivity contribution in [1.29, 1.82) is 0 Å². The molecule has 0 bridgehead atoms. The van der Waals surface area contributed by atoms with Crippen LogP contribution in [0, 0.1) is 5.92 Å². The van der Waals surface area contributed by atoms with Gasteiger partial charge in [0, 0.05) is 5.92 Å². The quantitative estimate of drug-likeness (QED) is 0.654. The second-order valence-corrected chi connectivity index (χ2v) is 3.11. The van der Waals surface area contributed by atoms with Gasteiger partial charge >= 0.3 is 0 Å². The first-order chi connectivity index (χ1) is 5.34. The lowest BCUT2D eigenvalue weighted by Gasteiger charge is -2.19. The van der Waals surface area contributed by atoms with Crippen molar-refractivity contribution in [2.24, 2.45) is 5.92 Å². The van der Waals surface area contributed by atoms with E-state index in [1.54, 1.807) is 0 Å². The molecule has 0 saturated heterocycles. The highest BCUT2D eigenvalue weighted by Crippen LogP contribution is 2.29. The molecule has 0 unspecified atom stereocenters. The molecule has 1 fully saturated rings. The molecule has 2 heteroatoms. The van der Waals surface area contributed by atoms with Gasteiger partial charge in [-0.25, -0.2) is 4.39 Å². The largest absolute Gasteiger partial charge is 0.392 e. The van der Waals surface area contributed by atoms with Crippen LogP contribution in [-0.2, 0) is 0 Å². The van der Waals surface area contributed by atoms with Gasteiger partial charge in [-0.1, -0.05) is 19.3 Å². The monoisotopic (exact) mass is 158 g/mol. The molecule has 1 N–H and O–H groups in total. The van der Waals surface area contributed by atoms with Crippen molar-refractivity contribution in [2.45, 2.75) is 32.1 Å². The van der Waals surface area contributed by atoms with Crippen LogP contribution in [0.4, 0.5) is 4.39 Å². The standard InChI is InChI=1S/C9H15FO/c10-9(6-7-11)8-4-2-1-3-5-8/h6,8,11H,1-5,7H2/b9-6-. The molecule has 0 radical (unpaired) electrons. The fourth-order valence-electron chi connectivity index (χ4n) is 1.63. The molecule has 1 aliphatic carbocycles. The summed E-state index contributed by atoms with van der Waals surface area (Å²) in [6, 6.07) is 0. The molecule has 1 aliphatic rings. The number of allylic oxidation sites excluding steroid dienone is 1. The van der Waals surface area contributed by atoms with Crippen molar-refractivity contribution in [1.82, 2.24) is 0 Å². The number of halogens is 1. The molecule has 0 aromatic carbocycles. The second kappa shape index (κ2) is 4.50. The average Bonchev–Trinajstić information content (AvgIpc) is 2.07. The molecule has 0 spiro atoms.